The SMILES string of the molecule is O=C(N[C@@H](c1ccccc1)c1ccc(C2CC2)c(F)n1)[C@@H]1[C@H](O)[C@@H](F)CN1C(=O)Cn1nnnc1C(F)F. The van der Waals surface area contributed by atoms with Crippen LogP contribution in [0.25, 0.3) is 0 Å². The number of hydrogen-bond acceptors (Lipinski definition) is 7. The normalized spacial score (nSPS) is 22.1. The summed E-state index contributed by atoms with van der Waals surface area (Å²) in [5.74, 6) is -3.30. The van der Waals surface area contributed by atoms with Gasteiger partial charge >= 0.3 is 0 Å². The average Bonchev–Trinajstić information content (AvgIpc) is 3.55. The Morgan fingerprint density at radius 2 is 1.87 bits per heavy atom. The van der Waals surface area contributed by atoms with E-state index in [1.54, 1.807) is 42.5 Å². The summed E-state index contributed by atoms with van der Waals surface area (Å²) in [4.78, 5) is 31.1. The Kier molecular flexibility index (Phi) is 7.06. The van der Waals surface area contributed by atoms with Gasteiger partial charge in [-0.15, -0.1) is 5.10 Å². The number of tetrazole rings is 1. The van der Waals surface area contributed by atoms with Crippen LogP contribution in [0.2, 0.25) is 0 Å². The molecule has 1 aromatic carbocycles. The van der Waals surface area contributed by atoms with Crippen molar-refractivity contribution < 1.29 is 32.3 Å². The first kappa shape index (κ1) is 25.7. The van der Waals surface area contributed by atoms with Crippen molar-refractivity contribution in [3.63, 3.8) is 0 Å². The van der Waals surface area contributed by atoms with Gasteiger partial charge < -0.3 is 15.3 Å². The predicted octanol–water partition coefficient (Wildman–Crippen LogP) is 1.84. The summed E-state index contributed by atoms with van der Waals surface area (Å²) in [7, 11) is 0. The number of benzene rings is 1. The molecule has 10 nitrogen and oxygen atoms in total. The predicted molar refractivity (Wildman–Crippen MR) is 122 cm³/mol. The van der Waals surface area contributed by atoms with Crippen molar-refractivity contribution in [3.8, 4) is 0 Å². The molecule has 1 saturated carbocycles. The van der Waals surface area contributed by atoms with E-state index < -0.39 is 67.5 Å². The quantitative estimate of drug-likeness (QED) is 0.334. The average molecular weight is 533 g/mol. The monoisotopic (exact) mass is 533 g/mol. The van der Waals surface area contributed by atoms with Gasteiger partial charge in [-0.2, -0.15) is 4.39 Å². The fraction of sp³-hybridized carbons (Fsp3) is 0.417. The second-order valence-corrected chi connectivity index (χ2v) is 9.24. The molecule has 1 aliphatic heterocycles. The Morgan fingerprint density at radius 1 is 1.13 bits per heavy atom. The number of halogens is 4. The van der Waals surface area contributed by atoms with Gasteiger partial charge in [0.2, 0.25) is 23.6 Å². The number of carbonyl (C=O) groups excluding carboxylic acids is 2. The summed E-state index contributed by atoms with van der Waals surface area (Å²) >= 11 is 0. The van der Waals surface area contributed by atoms with Crippen LogP contribution in [0.15, 0.2) is 42.5 Å². The Morgan fingerprint density at radius 3 is 2.53 bits per heavy atom. The van der Waals surface area contributed by atoms with E-state index in [4.69, 9.17) is 0 Å². The number of amides is 2. The second-order valence-electron chi connectivity index (χ2n) is 9.24. The highest BCUT2D eigenvalue weighted by molar-refractivity contribution is 5.89. The summed E-state index contributed by atoms with van der Waals surface area (Å²) in [6, 6.07) is 9.02. The van der Waals surface area contributed by atoms with Crippen LogP contribution in [0, 0.1) is 5.95 Å². The third kappa shape index (κ3) is 5.08. The molecule has 14 heteroatoms. The van der Waals surface area contributed by atoms with Gasteiger partial charge in [-0.3, -0.25) is 9.59 Å². The molecule has 1 saturated heterocycles. The Balaban J connectivity index is 1.40. The molecule has 4 atom stereocenters. The summed E-state index contributed by atoms with van der Waals surface area (Å²) in [6.45, 7) is -1.45. The number of aliphatic hydroxyl groups excluding tert-OH is 1. The number of aromatic nitrogens is 5. The molecule has 38 heavy (non-hydrogen) atoms. The van der Waals surface area contributed by atoms with E-state index in [9.17, 15) is 32.3 Å². The van der Waals surface area contributed by atoms with Crippen molar-refractivity contribution in [2.75, 3.05) is 6.54 Å². The zero-order chi connectivity index (χ0) is 27.0. The maximum atomic E-state index is 14.8. The molecule has 0 bridgehead atoms. The molecule has 1 aliphatic carbocycles. The molecular formula is C24H23F4N7O3. The van der Waals surface area contributed by atoms with Crippen molar-refractivity contribution in [1.82, 2.24) is 35.4 Å². The Hall–Kier alpha value is -3.94. The van der Waals surface area contributed by atoms with E-state index >= 15 is 0 Å². The minimum absolute atomic E-state index is 0.113. The fourth-order valence-electron chi connectivity index (χ4n) is 4.56. The van der Waals surface area contributed by atoms with Crippen LogP contribution in [-0.4, -0.2) is 71.9 Å². The molecule has 2 N–H and O–H groups in total. The van der Waals surface area contributed by atoms with Crippen LogP contribution >= 0.6 is 0 Å². The molecule has 5 rings (SSSR count). The number of likely N-dealkylation sites (tertiary alicyclic amines) is 1. The van der Waals surface area contributed by atoms with E-state index in [2.05, 4.69) is 25.8 Å². The van der Waals surface area contributed by atoms with E-state index in [0.29, 0.717) is 15.8 Å². The van der Waals surface area contributed by atoms with E-state index in [1.165, 1.54) is 0 Å². The van der Waals surface area contributed by atoms with Gasteiger partial charge in [0, 0.05) is 5.56 Å². The van der Waals surface area contributed by atoms with Crippen LogP contribution < -0.4 is 5.32 Å². The summed E-state index contributed by atoms with van der Waals surface area (Å²) in [5.41, 5.74) is 1.19. The Labute approximate surface area is 213 Å². The van der Waals surface area contributed by atoms with Gasteiger partial charge in [0.25, 0.3) is 6.43 Å². The molecule has 2 aliphatic rings. The number of pyridine rings is 1. The summed E-state index contributed by atoms with van der Waals surface area (Å²) in [6.07, 6.45) is -5.19. The number of nitrogens with zero attached hydrogens (tertiary/aromatic N) is 6. The van der Waals surface area contributed by atoms with Crippen molar-refractivity contribution in [2.24, 2.45) is 0 Å². The minimum atomic E-state index is -3.07. The lowest BCUT2D eigenvalue weighted by atomic mass is 10.0. The standard InChI is InChI=1S/C24H23F4N7O3/c25-15-10-34(17(36)11-35-23(21(26)27)31-32-33-35)19(20(15)37)24(38)30-18(13-4-2-1-3-5-13)16-9-8-14(12-6-7-12)22(28)29-16/h1-5,8-9,12,15,18-21,37H,6-7,10-11H2,(H,30,38)/t15-,18-,19-,20+/m0/s1. The zero-order valence-electron chi connectivity index (χ0n) is 19.8. The Bertz CT molecular complexity index is 1320. The molecule has 2 amide bonds. The second kappa shape index (κ2) is 10.4. The van der Waals surface area contributed by atoms with E-state index in [1.807, 2.05) is 0 Å². The lowest BCUT2D eigenvalue weighted by Gasteiger charge is -2.28. The smallest absolute Gasteiger partial charge is 0.298 e. The zero-order valence-corrected chi connectivity index (χ0v) is 19.8. The number of carbonyl (C=O) groups is 2. The lowest BCUT2D eigenvalue weighted by Crippen LogP contribution is -2.52. The largest absolute Gasteiger partial charge is 0.387 e. The third-order valence-electron chi connectivity index (χ3n) is 6.66. The number of hydrogen-bond donors (Lipinski definition) is 2. The van der Waals surface area contributed by atoms with Crippen LogP contribution in [-0.2, 0) is 16.1 Å². The molecular weight excluding hydrogens is 510 g/mol. The third-order valence-corrected chi connectivity index (χ3v) is 6.66. The highest BCUT2D eigenvalue weighted by Gasteiger charge is 2.48. The molecule has 2 fully saturated rings. The number of rotatable bonds is 8. The maximum Gasteiger partial charge on any atom is 0.298 e. The van der Waals surface area contributed by atoms with E-state index in [0.717, 1.165) is 17.7 Å². The van der Waals surface area contributed by atoms with Gasteiger partial charge in [-0.25, -0.2) is 22.8 Å². The highest BCUT2D eigenvalue weighted by Crippen LogP contribution is 2.41. The molecule has 2 aromatic heterocycles. The van der Waals surface area contributed by atoms with Crippen molar-refractivity contribution in [1.29, 1.82) is 0 Å². The van der Waals surface area contributed by atoms with Crippen molar-refractivity contribution >= 4 is 11.8 Å². The van der Waals surface area contributed by atoms with Crippen LogP contribution in [0.5, 0.6) is 0 Å². The number of aliphatic hydroxyl groups is 1. The first-order valence-electron chi connectivity index (χ1n) is 11.9. The molecule has 0 radical (unpaired) electrons. The molecule has 0 unspecified atom stereocenters. The molecule has 200 valence electrons. The van der Waals surface area contributed by atoms with Gasteiger partial charge in [0.05, 0.1) is 18.3 Å². The molecule has 3 aromatic rings. The van der Waals surface area contributed by atoms with Crippen molar-refractivity contribution in [3.05, 3.63) is 71.1 Å². The minimum Gasteiger partial charge on any atom is -0.387 e. The summed E-state index contributed by atoms with van der Waals surface area (Å²) in [5, 5.41) is 22.7. The first-order valence-corrected chi connectivity index (χ1v) is 11.9. The number of alkyl halides is 3. The molecule has 3 heterocycles. The topological polar surface area (TPSA) is 126 Å². The van der Waals surface area contributed by atoms with Gasteiger partial charge in [0.1, 0.15) is 24.9 Å². The van der Waals surface area contributed by atoms with E-state index in [-0.39, 0.29) is 11.6 Å². The van der Waals surface area contributed by atoms with Crippen molar-refractivity contribution in [2.45, 2.75) is 56.1 Å². The molecule has 0 spiro atoms. The van der Waals surface area contributed by atoms with Crippen LogP contribution in [0.1, 0.15) is 53.9 Å². The first-order chi connectivity index (χ1) is 18.2. The highest BCUT2D eigenvalue weighted by atomic mass is 19.3. The van der Waals surface area contributed by atoms with Gasteiger partial charge in [0.15, 0.2) is 0 Å². The van der Waals surface area contributed by atoms with Crippen LogP contribution in [0.3, 0.4) is 0 Å². The van der Waals surface area contributed by atoms with Gasteiger partial charge in [-0.1, -0.05) is 36.4 Å². The van der Waals surface area contributed by atoms with Gasteiger partial charge in [-0.05, 0) is 40.8 Å². The number of nitrogens with one attached hydrogen (secondary N) is 1. The summed E-state index contributed by atoms with van der Waals surface area (Å²) < 4.78 is 56.0. The van der Waals surface area contributed by atoms with Crippen LogP contribution in [0.4, 0.5) is 17.6 Å². The fourth-order valence-corrected chi connectivity index (χ4v) is 4.56. The maximum absolute atomic E-state index is 14.8. The lowest BCUT2D eigenvalue weighted by molar-refractivity contribution is -0.141.